The molecule has 1 aromatic heterocycles. The van der Waals surface area contributed by atoms with Gasteiger partial charge >= 0.3 is 5.97 Å². The minimum Gasteiger partial charge on any atom is -0.480 e. The Morgan fingerprint density at radius 1 is 1.39 bits per heavy atom. The number of carboxylic acid groups (broad SMARTS) is 1. The van der Waals surface area contributed by atoms with Gasteiger partial charge in [-0.1, -0.05) is 12.8 Å². The number of carbonyl (C=O) groups excluding carboxylic acids is 1. The third-order valence-electron chi connectivity index (χ3n) is 3.23. The van der Waals surface area contributed by atoms with Gasteiger partial charge in [-0.25, -0.2) is 4.79 Å². The van der Waals surface area contributed by atoms with Crippen LogP contribution in [0.2, 0.25) is 0 Å². The summed E-state index contributed by atoms with van der Waals surface area (Å²) in [4.78, 5) is 24.9. The number of likely N-dealkylation sites (tertiary alicyclic amines) is 1. The van der Waals surface area contributed by atoms with Crippen molar-refractivity contribution in [3.05, 3.63) is 18.0 Å². The van der Waals surface area contributed by atoms with E-state index in [1.165, 1.54) is 4.90 Å². The molecule has 1 amide bonds. The quantitative estimate of drug-likeness (QED) is 0.847. The first-order valence-corrected chi connectivity index (χ1v) is 6.13. The van der Waals surface area contributed by atoms with Crippen LogP contribution in [0.15, 0.2) is 12.3 Å². The van der Waals surface area contributed by atoms with E-state index in [1.807, 2.05) is 0 Å². The predicted octanol–water partition coefficient (Wildman–Crippen LogP) is 0.889. The summed E-state index contributed by atoms with van der Waals surface area (Å²) in [6.07, 6.45) is 4.87. The van der Waals surface area contributed by atoms with Crippen LogP contribution in [0.5, 0.6) is 0 Å². The van der Waals surface area contributed by atoms with Gasteiger partial charge in [-0.2, -0.15) is 5.10 Å². The standard InChI is InChI=1S/C12H17N3O3/c1-14-8-6-9(13-14)11(16)15-7-4-2-3-5-10(15)12(17)18/h6,8,10H,2-5,7H2,1H3,(H,17,18). The number of rotatable bonds is 2. The molecule has 0 saturated carbocycles. The highest BCUT2D eigenvalue weighted by atomic mass is 16.4. The molecule has 2 heterocycles. The van der Waals surface area contributed by atoms with Gasteiger partial charge in [-0.15, -0.1) is 0 Å². The predicted molar refractivity (Wildman–Crippen MR) is 64.1 cm³/mol. The van der Waals surface area contributed by atoms with Gasteiger partial charge in [-0.05, 0) is 18.9 Å². The third-order valence-corrected chi connectivity index (χ3v) is 3.23. The lowest BCUT2D eigenvalue weighted by molar-refractivity contribution is -0.142. The summed E-state index contributed by atoms with van der Waals surface area (Å²) in [5.74, 6) is -1.22. The van der Waals surface area contributed by atoms with E-state index in [9.17, 15) is 14.7 Å². The minimum atomic E-state index is -0.929. The number of aromatic nitrogens is 2. The van der Waals surface area contributed by atoms with Crippen LogP contribution in [-0.2, 0) is 11.8 Å². The molecule has 1 atom stereocenters. The SMILES string of the molecule is Cn1ccc(C(=O)N2CCCCCC2C(=O)O)n1. The number of hydrogen-bond acceptors (Lipinski definition) is 3. The molecule has 18 heavy (non-hydrogen) atoms. The van der Waals surface area contributed by atoms with Crippen LogP contribution in [-0.4, -0.2) is 44.3 Å². The molecular weight excluding hydrogens is 234 g/mol. The van der Waals surface area contributed by atoms with E-state index in [0.717, 1.165) is 19.3 Å². The normalized spacial score (nSPS) is 20.5. The lowest BCUT2D eigenvalue weighted by Gasteiger charge is -2.26. The molecule has 0 radical (unpaired) electrons. The van der Waals surface area contributed by atoms with Gasteiger partial charge in [0.2, 0.25) is 0 Å². The summed E-state index contributed by atoms with van der Waals surface area (Å²) in [5, 5.41) is 13.3. The largest absolute Gasteiger partial charge is 0.480 e. The molecule has 2 rings (SSSR count). The van der Waals surface area contributed by atoms with Crippen molar-refractivity contribution in [2.24, 2.45) is 7.05 Å². The van der Waals surface area contributed by atoms with Crippen molar-refractivity contribution < 1.29 is 14.7 Å². The molecule has 0 aliphatic carbocycles. The van der Waals surface area contributed by atoms with Crippen molar-refractivity contribution in [2.45, 2.75) is 31.7 Å². The monoisotopic (exact) mass is 251 g/mol. The molecule has 1 aromatic rings. The van der Waals surface area contributed by atoms with Gasteiger partial charge in [0.05, 0.1) is 0 Å². The van der Waals surface area contributed by atoms with Crippen LogP contribution in [0.3, 0.4) is 0 Å². The Morgan fingerprint density at radius 3 is 2.78 bits per heavy atom. The number of nitrogens with zero attached hydrogens (tertiary/aromatic N) is 3. The van der Waals surface area contributed by atoms with Gasteiger partial charge in [0, 0.05) is 19.8 Å². The fourth-order valence-electron chi connectivity index (χ4n) is 2.28. The molecule has 6 nitrogen and oxygen atoms in total. The number of carbonyl (C=O) groups is 2. The number of aryl methyl sites for hydroxylation is 1. The Balaban J connectivity index is 2.22. The summed E-state index contributed by atoms with van der Waals surface area (Å²) in [5.41, 5.74) is 0.311. The number of hydrogen-bond donors (Lipinski definition) is 1. The summed E-state index contributed by atoms with van der Waals surface area (Å²) in [6.45, 7) is 0.492. The maximum atomic E-state index is 12.3. The van der Waals surface area contributed by atoms with Crippen LogP contribution in [0.4, 0.5) is 0 Å². The van der Waals surface area contributed by atoms with E-state index in [4.69, 9.17) is 0 Å². The van der Waals surface area contributed by atoms with Gasteiger partial charge in [0.25, 0.3) is 5.91 Å². The van der Waals surface area contributed by atoms with Gasteiger partial charge in [-0.3, -0.25) is 9.48 Å². The first kappa shape index (κ1) is 12.6. The second-order valence-electron chi connectivity index (χ2n) is 4.58. The van der Waals surface area contributed by atoms with E-state index < -0.39 is 12.0 Å². The van der Waals surface area contributed by atoms with E-state index in [2.05, 4.69) is 5.10 Å². The highest BCUT2D eigenvalue weighted by Gasteiger charge is 2.32. The third kappa shape index (κ3) is 2.52. The van der Waals surface area contributed by atoms with E-state index in [0.29, 0.717) is 18.7 Å². The average Bonchev–Trinajstić information content (AvgIpc) is 2.63. The molecule has 1 aliphatic rings. The maximum absolute atomic E-state index is 12.3. The summed E-state index contributed by atoms with van der Waals surface area (Å²) >= 11 is 0. The van der Waals surface area contributed by atoms with Crippen LogP contribution in [0, 0.1) is 0 Å². The first-order chi connectivity index (χ1) is 8.59. The highest BCUT2D eigenvalue weighted by Crippen LogP contribution is 2.19. The topological polar surface area (TPSA) is 75.4 Å². The summed E-state index contributed by atoms with van der Waals surface area (Å²) in [6, 6.07) is 0.897. The number of amides is 1. The molecular formula is C12H17N3O3. The molecule has 1 unspecified atom stereocenters. The van der Waals surface area contributed by atoms with Crippen LogP contribution in [0.25, 0.3) is 0 Å². The van der Waals surface area contributed by atoms with Crippen molar-refractivity contribution >= 4 is 11.9 Å². The zero-order chi connectivity index (χ0) is 13.1. The van der Waals surface area contributed by atoms with Crippen LogP contribution < -0.4 is 0 Å². The second kappa shape index (κ2) is 5.20. The molecule has 98 valence electrons. The zero-order valence-electron chi connectivity index (χ0n) is 10.4. The molecule has 0 spiro atoms. The van der Waals surface area contributed by atoms with Crippen molar-refractivity contribution in [1.29, 1.82) is 0 Å². The molecule has 0 aromatic carbocycles. The Bertz CT molecular complexity index is 455. The average molecular weight is 251 g/mol. The van der Waals surface area contributed by atoms with Gasteiger partial charge in [0.15, 0.2) is 0 Å². The zero-order valence-corrected chi connectivity index (χ0v) is 10.4. The fraction of sp³-hybridized carbons (Fsp3) is 0.583. The Labute approximate surface area is 105 Å². The smallest absolute Gasteiger partial charge is 0.326 e. The van der Waals surface area contributed by atoms with Crippen molar-refractivity contribution in [3.63, 3.8) is 0 Å². The van der Waals surface area contributed by atoms with E-state index >= 15 is 0 Å². The Hall–Kier alpha value is -1.85. The van der Waals surface area contributed by atoms with Crippen molar-refractivity contribution in [3.8, 4) is 0 Å². The van der Waals surface area contributed by atoms with E-state index in [-0.39, 0.29) is 5.91 Å². The van der Waals surface area contributed by atoms with Crippen molar-refractivity contribution in [1.82, 2.24) is 14.7 Å². The molecule has 0 bridgehead atoms. The Kier molecular flexibility index (Phi) is 3.64. The van der Waals surface area contributed by atoms with E-state index in [1.54, 1.807) is 24.0 Å². The van der Waals surface area contributed by atoms with Gasteiger partial charge < -0.3 is 10.0 Å². The fourth-order valence-corrected chi connectivity index (χ4v) is 2.28. The first-order valence-electron chi connectivity index (χ1n) is 6.13. The van der Waals surface area contributed by atoms with Crippen molar-refractivity contribution in [2.75, 3.05) is 6.54 Å². The minimum absolute atomic E-state index is 0.287. The van der Waals surface area contributed by atoms with Crippen LogP contribution in [0.1, 0.15) is 36.2 Å². The molecule has 1 aliphatic heterocycles. The molecule has 1 fully saturated rings. The lowest BCUT2D eigenvalue weighted by Crippen LogP contribution is -2.44. The maximum Gasteiger partial charge on any atom is 0.326 e. The Morgan fingerprint density at radius 2 is 2.17 bits per heavy atom. The summed E-state index contributed by atoms with van der Waals surface area (Å²) in [7, 11) is 1.73. The molecule has 1 saturated heterocycles. The number of aliphatic carboxylic acids is 1. The number of carboxylic acids is 1. The van der Waals surface area contributed by atoms with Gasteiger partial charge in [0.1, 0.15) is 11.7 Å². The molecule has 1 N–H and O–H groups in total. The lowest BCUT2D eigenvalue weighted by atomic mass is 10.1. The highest BCUT2D eigenvalue weighted by molar-refractivity contribution is 5.95. The summed E-state index contributed by atoms with van der Waals surface area (Å²) < 4.78 is 1.54. The second-order valence-corrected chi connectivity index (χ2v) is 4.58. The van der Waals surface area contributed by atoms with Crippen LogP contribution >= 0.6 is 0 Å². The molecule has 6 heteroatoms.